The van der Waals surface area contributed by atoms with Crippen LogP contribution in [0.2, 0.25) is 5.02 Å². The third-order valence-corrected chi connectivity index (χ3v) is 7.01. The Labute approximate surface area is 225 Å². The first kappa shape index (κ1) is 26.7. The van der Waals surface area contributed by atoms with Crippen LogP contribution in [0, 0.1) is 5.92 Å². The average Bonchev–Trinajstić information content (AvgIpc) is 3.36. The largest absolute Gasteiger partial charge is 0.496 e. The molecule has 0 radical (unpaired) electrons. The fourth-order valence-electron chi connectivity index (χ4n) is 4.22. The molecule has 2 amide bonds. The van der Waals surface area contributed by atoms with Gasteiger partial charge in [0.1, 0.15) is 18.1 Å². The number of hydrogen-bond donors (Lipinski definition) is 2. The zero-order valence-electron chi connectivity index (χ0n) is 21.0. The first-order chi connectivity index (χ1) is 17.8. The second-order valence-electron chi connectivity index (χ2n) is 8.95. The second-order valence-corrected chi connectivity index (χ2v) is 10.3. The SMILES string of the molecule is COc1ccc(Cl)cc1C[C@@H]1CN=C(NN(C)C)CN(CC(=O)Nc2cccc(-c3cccs3)c2)C1=O. The summed E-state index contributed by atoms with van der Waals surface area (Å²) in [6, 6.07) is 17.1. The fourth-order valence-corrected chi connectivity index (χ4v) is 5.14. The molecule has 37 heavy (non-hydrogen) atoms. The number of hydrogen-bond acceptors (Lipinski definition) is 7. The quantitative estimate of drug-likeness (QED) is 0.419. The number of methoxy groups -OCH3 is 1. The highest BCUT2D eigenvalue weighted by Crippen LogP contribution is 2.28. The van der Waals surface area contributed by atoms with Gasteiger partial charge in [0, 0.05) is 29.7 Å². The average molecular weight is 540 g/mol. The molecule has 0 fully saturated rings. The monoisotopic (exact) mass is 539 g/mol. The van der Waals surface area contributed by atoms with Gasteiger partial charge in [0.15, 0.2) is 0 Å². The molecule has 0 saturated carbocycles. The van der Waals surface area contributed by atoms with Crippen LogP contribution in [0.5, 0.6) is 5.75 Å². The predicted molar refractivity (Wildman–Crippen MR) is 149 cm³/mol. The topological polar surface area (TPSA) is 86.3 Å². The highest BCUT2D eigenvalue weighted by Gasteiger charge is 2.31. The summed E-state index contributed by atoms with van der Waals surface area (Å²) in [6.45, 7) is 0.383. The Kier molecular flexibility index (Phi) is 8.81. The standard InChI is InChI=1S/C27H30ClN5O3S/c1-32(2)31-25-16-33(17-26(34)30-22-7-4-6-18(14-22)24-8-5-11-37-24)27(35)20(15-29-25)12-19-13-21(28)9-10-23(19)36-3/h4-11,13-14,20H,12,15-17H2,1-3H3,(H,29,31)(H,30,34)/t20-/m1/s1. The maximum atomic E-state index is 13.6. The number of halogens is 1. The van der Waals surface area contributed by atoms with Gasteiger partial charge in [-0.2, -0.15) is 0 Å². The third-order valence-electron chi connectivity index (χ3n) is 5.85. The van der Waals surface area contributed by atoms with Crippen molar-refractivity contribution in [3.05, 3.63) is 70.6 Å². The van der Waals surface area contributed by atoms with Crippen LogP contribution in [-0.2, 0) is 16.0 Å². The van der Waals surface area contributed by atoms with E-state index in [0.29, 0.717) is 28.7 Å². The van der Waals surface area contributed by atoms with Crippen molar-refractivity contribution in [2.45, 2.75) is 6.42 Å². The summed E-state index contributed by atoms with van der Waals surface area (Å²) in [6.07, 6.45) is 0.391. The number of anilines is 1. The summed E-state index contributed by atoms with van der Waals surface area (Å²) in [7, 11) is 5.28. The number of nitrogens with zero attached hydrogens (tertiary/aromatic N) is 3. The van der Waals surface area contributed by atoms with Gasteiger partial charge in [-0.15, -0.1) is 11.3 Å². The lowest BCUT2D eigenvalue weighted by atomic mass is 9.97. The molecule has 2 N–H and O–H groups in total. The van der Waals surface area contributed by atoms with Crippen molar-refractivity contribution in [2.24, 2.45) is 10.9 Å². The Morgan fingerprint density at radius 2 is 2.05 bits per heavy atom. The number of hydrazine groups is 1. The number of amides is 2. The Balaban J connectivity index is 1.51. The lowest BCUT2D eigenvalue weighted by molar-refractivity contribution is -0.137. The van der Waals surface area contributed by atoms with Crippen LogP contribution in [0.25, 0.3) is 10.4 Å². The highest BCUT2D eigenvalue weighted by atomic mass is 35.5. The number of carbonyl (C=O) groups is 2. The van der Waals surface area contributed by atoms with Crippen LogP contribution in [0.15, 0.2) is 65.0 Å². The number of nitrogens with one attached hydrogen (secondary N) is 2. The van der Waals surface area contributed by atoms with E-state index in [1.807, 2.05) is 55.9 Å². The van der Waals surface area contributed by atoms with Crippen LogP contribution >= 0.6 is 22.9 Å². The molecule has 0 saturated heterocycles. The molecule has 0 aliphatic carbocycles. The zero-order chi connectivity index (χ0) is 26.4. The molecule has 3 aromatic rings. The number of amidine groups is 1. The van der Waals surface area contributed by atoms with Crippen molar-refractivity contribution in [2.75, 3.05) is 46.2 Å². The molecule has 2 heterocycles. The minimum Gasteiger partial charge on any atom is -0.496 e. The molecule has 10 heteroatoms. The lowest BCUT2D eigenvalue weighted by Crippen LogP contribution is -2.47. The molecule has 1 atom stereocenters. The fraction of sp³-hybridized carbons (Fsp3) is 0.296. The van der Waals surface area contributed by atoms with E-state index in [9.17, 15) is 9.59 Å². The van der Waals surface area contributed by atoms with E-state index < -0.39 is 5.92 Å². The van der Waals surface area contributed by atoms with Gasteiger partial charge in [0.25, 0.3) is 0 Å². The number of carbonyl (C=O) groups excluding carboxylic acids is 2. The van der Waals surface area contributed by atoms with Crippen LogP contribution in [0.3, 0.4) is 0 Å². The van der Waals surface area contributed by atoms with Gasteiger partial charge < -0.3 is 20.4 Å². The van der Waals surface area contributed by atoms with Crippen molar-refractivity contribution in [3.8, 4) is 16.2 Å². The van der Waals surface area contributed by atoms with E-state index in [0.717, 1.165) is 16.0 Å². The van der Waals surface area contributed by atoms with Gasteiger partial charge in [0.05, 0.1) is 26.1 Å². The molecule has 1 aromatic heterocycles. The Morgan fingerprint density at radius 1 is 1.22 bits per heavy atom. The van der Waals surface area contributed by atoms with E-state index in [-0.39, 0.29) is 31.4 Å². The lowest BCUT2D eigenvalue weighted by Gasteiger charge is -2.25. The van der Waals surface area contributed by atoms with Gasteiger partial charge in [-0.05, 0) is 59.3 Å². The summed E-state index contributed by atoms with van der Waals surface area (Å²) in [5, 5.41) is 7.29. The molecule has 1 aliphatic heterocycles. The molecule has 0 spiro atoms. The Bertz CT molecular complexity index is 1280. The van der Waals surface area contributed by atoms with Crippen molar-refractivity contribution in [1.82, 2.24) is 15.3 Å². The normalized spacial score (nSPS) is 15.8. The maximum absolute atomic E-state index is 13.6. The molecular formula is C27H30ClN5O3S. The smallest absolute Gasteiger partial charge is 0.244 e. The first-order valence-electron chi connectivity index (χ1n) is 11.8. The maximum Gasteiger partial charge on any atom is 0.244 e. The van der Waals surface area contributed by atoms with Crippen LogP contribution in [0.4, 0.5) is 5.69 Å². The highest BCUT2D eigenvalue weighted by molar-refractivity contribution is 7.13. The molecule has 0 bridgehead atoms. The molecule has 2 aromatic carbocycles. The number of benzene rings is 2. The Hall–Kier alpha value is -3.40. The van der Waals surface area contributed by atoms with Crippen molar-refractivity contribution in [1.29, 1.82) is 0 Å². The summed E-state index contributed by atoms with van der Waals surface area (Å²) in [5.74, 6) is 0.382. The van der Waals surface area contributed by atoms with Crippen LogP contribution < -0.4 is 15.5 Å². The van der Waals surface area contributed by atoms with Gasteiger partial charge in [-0.25, -0.2) is 5.01 Å². The number of aliphatic imine (C=N–C) groups is 1. The number of ether oxygens (including phenoxy) is 1. The predicted octanol–water partition coefficient (Wildman–Crippen LogP) is 4.18. The molecule has 194 valence electrons. The van der Waals surface area contributed by atoms with E-state index in [4.69, 9.17) is 16.3 Å². The summed E-state index contributed by atoms with van der Waals surface area (Å²) < 4.78 is 5.47. The summed E-state index contributed by atoms with van der Waals surface area (Å²) in [4.78, 5) is 34.0. The Morgan fingerprint density at radius 3 is 2.78 bits per heavy atom. The van der Waals surface area contributed by atoms with Crippen LogP contribution in [-0.4, -0.2) is 68.4 Å². The molecule has 1 aliphatic rings. The molecule has 0 unspecified atom stereocenters. The van der Waals surface area contributed by atoms with Gasteiger partial charge >= 0.3 is 0 Å². The van der Waals surface area contributed by atoms with E-state index >= 15 is 0 Å². The van der Waals surface area contributed by atoms with Crippen molar-refractivity contribution in [3.63, 3.8) is 0 Å². The number of thiophene rings is 1. The van der Waals surface area contributed by atoms with Gasteiger partial charge in [-0.3, -0.25) is 14.6 Å². The van der Waals surface area contributed by atoms with Crippen molar-refractivity contribution < 1.29 is 14.3 Å². The third kappa shape index (κ3) is 7.09. The number of rotatable bonds is 8. The van der Waals surface area contributed by atoms with E-state index in [1.54, 1.807) is 46.6 Å². The molecule has 8 nitrogen and oxygen atoms in total. The van der Waals surface area contributed by atoms with E-state index in [1.165, 1.54) is 0 Å². The molecular weight excluding hydrogens is 510 g/mol. The van der Waals surface area contributed by atoms with E-state index in [2.05, 4.69) is 15.7 Å². The van der Waals surface area contributed by atoms with Crippen molar-refractivity contribution >= 4 is 46.3 Å². The second kappa shape index (κ2) is 12.2. The van der Waals surface area contributed by atoms with Gasteiger partial charge in [-0.1, -0.05) is 29.8 Å². The first-order valence-corrected chi connectivity index (χ1v) is 13.1. The minimum absolute atomic E-state index is 0.0978. The summed E-state index contributed by atoms with van der Waals surface area (Å²) >= 11 is 7.85. The zero-order valence-corrected chi connectivity index (χ0v) is 22.6. The molecule has 4 rings (SSSR count). The minimum atomic E-state index is -0.469. The summed E-state index contributed by atoms with van der Waals surface area (Å²) in [5.41, 5.74) is 5.68. The van der Waals surface area contributed by atoms with Crippen LogP contribution in [0.1, 0.15) is 5.56 Å². The van der Waals surface area contributed by atoms with Gasteiger partial charge in [0.2, 0.25) is 11.8 Å².